The number of aliphatic hydroxyl groups excluding tert-OH is 1. The van der Waals surface area contributed by atoms with Crippen LogP contribution >= 0.6 is 0 Å². The Labute approximate surface area is 142 Å². The maximum absolute atomic E-state index is 13.1. The zero-order valence-electron chi connectivity index (χ0n) is 14.3. The molecule has 2 unspecified atom stereocenters. The number of hydrogen-bond acceptors (Lipinski definition) is 5. The van der Waals surface area contributed by atoms with E-state index in [9.17, 15) is 14.7 Å². The van der Waals surface area contributed by atoms with Crippen molar-refractivity contribution in [2.75, 3.05) is 13.6 Å². The molecule has 24 heavy (non-hydrogen) atoms. The molecule has 130 valence electrons. The molecule has 1 aliphatic carbocycles. The van der Waals surface area contributed by atoms with E-state index in [-0.39, 0.29) is 24.2 Å². The van der Waals surface area contributed by atoms with Gasteiger partial charge in [0.1, 0.15) is 5.54 Å². The van der Waals surface area contributed by atoms with Gasteiger partial charge in [-0.15, -0.1) is 0 Å². The molecule has 0 spiro atoms. The highest BCUT2D eigenvalue weighted by molar-refractivity contribution is 6.00. The van der Waals surface area contributed by atoms with Crippen molar-refractivity contribution in [2.24, 2.45) is 5.92 Å². The normalized spacial score (nSPS) is 29.2. The number of Topliss-reactive ketones (excluding diaryl/α,β-unsaturated/α-hetero) is 1. The van der Waals surface area contributed by atoms with Crippen LogP contribution in [0.3, 0.4) is 0 Å². The monoisotopic (exact) mass is 331 g/mol. The number of ketones is 1. The van der Waals surface area contributed by atoms with Gasteiger partial charge in [0.25, 0.3) is 0 Å². The summed E-state index contributed by atoms with van der Waals surface area (Å²) in [6, 6.07) is 3.25. The highest BCUT2D eigenvalue weighted by Gasteiger charge is 2.56. The van der Waals surface area contributed by atoms with Gasteiger partial charge >= 0.3 is 0 Å². The molecule has 1 saturated carbocycles. The second kappa shape index (κ2) is 6.61. The molecule has 1 N–H and O–H groups in total. The van der Waals surface area contributed by atoms with Gasteiger partial charge in [-0.2, -0.15) is 0 Å². The molecule has 1 aromatic heterocycles. The van der Waals surface area contributed by atoms with Gasteiger partial charge in [-0.3, -0.25) is 19.5 Å². The predicted molar refractivity (Wildman–Crippen MR) is 89.0 cm³/mol. The minimum Gasteiger partial charge on any atom is -0.361 e. The number of hydrogen-bond donors (Lipinski definition) is 1. The smallest absolute Gasteiger partial charge is 0.246 e. The summed E-state index contributed by atoms with van der Waals surface area (Å²) in [4.78, 5) is 32.4. The fourth-order valence-corrected chi connectivity index (χ4v) is 4.06. The Morgan fingerprint density at radius 2 is 1.92 bits per heavy atom. The molecule has 2 fully saturated rings. The van der Waals surface area contributed by atoms with Crippen molar-refractivity contribution in [3.8, 4) is 0 Å². The minimum atomic E-state index is -1.06. The summed E-state index contributed by atoms with van der Waals surface area (Å²) in [7, 11) is 1.77. The number of rotatable bonds is 4. The van der Waals surface area contributed by atoms with Crippen molar-refractivity contribution < 1.29 is 14.7 Å². The van der Waals surface area contributed by atoms with Gasteiger partial charge < -0.3 is 5.11 Å². The van der Waals surface area contributed by atoms with E-state index in [0.717, 1.165) is 25.7 Å². The van der Waals surface area contributed by atoms with E-state index in [1.54, 1.807) is 36.5 Å². The first-order valence-electron chi connectivity index (χ1n) is 8.61. The van der Waals surface area contributed by atoms with Gasteiger partial charge in [0, 0.05) is 18.0 Å². The average Bonchev–Trinajstić information content (AvgIpc) is 2.79. The first kappa shape index (κ1) is 17.0. The van der Waals surface area contributed by atoms with Crippen LogP contribution in [0.2, 0.25) is 0 Å². The summed E-state index contributed by atoms with van der Waals surface area (Å²) < 4.78 is 0. The molecule has 0 bridgehead atoms. The zero-order chi connectivity index (χ0) is 17.3. The number of aliphatic hydroxyl groups is 1. The zero-order valence-corrected chi connectivity index (χ0v) is 14.3. The number of aromatic nitrogens is 1. The molecule has 1 amide bonds. The minimum absolute atomic E-state index is 0.114. The first-order valence-corrected chi connectivity index (χ1v) is 8.61. The lowest BCUT2D eigenvalue weighted by molar-refractivity contribution is -0.137. The Morgan fingerprint density at radius 1 is 1.29 bits per heavy atom. The topological polar surface area (TPSA) is 73.7 Å². The van der Waals surface area contributed by atoms with E-state index in [1.807, 2.05) is 6.92 Å². The average molecular weight is 331 g/mol. The molecule has 1 aromatic rings. The van der Waals surface area contributed by atoms with Crippen molar-refractivity contribution in [1.82, 2.24) is 14.8 Å². The lowest BCUT2D eigenvalue weighted by Crippen LogP contribution is -2.52. The van der Waals surface area contributed by atoms with Gasteiger partial charge in [0.15, 0.2) is 12.1 Å². The van der Waals surface area contributed by atoms with Crippen LogP contribution in [-0.2, 0) is 4.79 Å². The molecule has 2 heterocycles. The van der Waals surface area contributed by atoms with Gasteiger partial charge in [-0.25, -0.2) is 4.90 Å². The summed E-state index contributed by atoms with van der Waals surface area (Å²) in [5.74, 6) is -0.114. The molecule has 2 aliphatic rings. The van der Waals surface area contributed by atoms with Crippen LogP contribution in [0.1, 0.15) is 49.4 Å². The quantitative estimate of drug-likeness (QED) is 0.849. The second-order valence-corrected chi connectivity index (χ2v) is 7.03. The number of carbonyl (C=O) groups is 2. The van der Waals surface area contributed by atoms with Gasteiger partial charge in [0.2, 0.25) is 5.91 Å². The van der Waals surface area contributed by atoms with Crippen molar-refractivity contribution in [1.29, 1.82) is 0 Å². The largest absolute Gasteiger partial charge is 0.361 e. The summed E-state index contributed by atoms with van der Waals surface area (Å²) in [6.45, 7) is 1.79. The Morgan fingerprint density at radius 3 is 2.54 bits per heavy atom. The Hall–Kier alpha value is -1.79. The molecule has 6 nitrogen and oxygen atoms in total. The number of likely N-dealkylation sites (N-methyl/N-ethyl adjacent to an activating group) is 1. The van der Waals surface area contributed by atoms with E-state index < -0.39 is 11.9 Å². The lowest BCUT2D eigenvalue weighted by atomic mass is 9.75. The van der Waals surface area contributed by atoms with Crippen LogP contribution in [0, 0.1) is 5.92 Å². The maximum Gasteiger partial charge on any atom is 0.246 e. The summed E-state index contributed by atoms with van der Waals surface area (Å²) in [5.41, 5.74) is -0.239. The van der Waals surface area contributed by atoms with E-state index in [0.29, 0.717) is 5.56 Å². The molecule has 0 aromatic carbocycles. The Kier molecular flexibility index (Phi) is 4.69. The van der Waals surface area contributed by atoms with Crippen molar-refractivity contribution in [3.05, 3.63) is 30.1 Å². The standard InChI is InChI=1S/C18H25N3O3/c1-18(14-6-4-3-5-7-14)16(23)21(17(24)20(18)2)12-15(22)13-8-10-19-11-9-13/h8-11,14,17,24H,3-7,12H2,1-2H3. The number of amides is 1. The third-order valence-corrected chi connectivity index (χ3v) is 5.77. The van der Waals surface area contributed by atoms with Gasteiger partial charge in [-0.05, 0) is 44.9 Å². The van der Waals surface area contributed by atoms with E-state index >= 15 is 0 Å². The van der Waals surface area contributed by atoms with Crippen LogP contribution < -0.4 is 0 Å². The number of carbonyl (C=O) groups excluding carboxylic acids is 2. The Bertz CT molecular complexity index is 615. The molecule has 1 saturated heterocycles. The fraction of sp³-hybridized carbons (Fsp3) is 0.611. The summed E-state index contributed by atoms with van der Waals surface area (Å²) >= 11 is 0. The molecule has 0 radical (unpaired) electrons. The number of nitrogens with zero attached hydrogens (tertiary/aromatic N) is 3. The fourth-order valence-electron chi connectivity index (χ4n) is 4.06. The molecule has 3 rings (SSSR count). The molecule has 1 aliphatic heterocycles. The molecule has 2 atom stereocenters. The van der Waals surface area contributed by atoms with E-state index in [1.165, 1.54) is 11.3 Å². The lowest BCUT2D eigenvalue weighted by Gasteiger charge is -2.39. The number of pyridine rings is 1. The van der Waals surface area contributed by atoms with Gasteiger partial charge in [0.05, 0.1) is 6.54 Å². The van der Waals surface area contributed by atoms with Crippen LogP contribution in [0.4, 0.5) is 0 Å². The highest BCUT2D eigenvalue weighted by Crippen LogP contribution is 2.41. The van der Waals surface area contributed by atoms with Gasteiger partial charge in [-0.1, -0.05) is 19.3 Å². The molecule has 6 heteroatoms. The third kappa shape index (κ3) is 2.74. The van der Waals surface area contributed by atoms with Crippen molar-refractivity contribution in [2.45, 2.75) is 50.9 Å². The third-order valence-electron chi connectivity index (χ3n) is 5.77. The highest BCUT2D eigenvalue weighted by atomic mass is 16.3. The molecular weight excluding hydrogens is 306 g/mol. The van der Waals surface area contributed by atoms with Crippen LogP contribution in [0.25, 0.3) is 0 Å². The van der Waals surface area contributed by atoms with Crippen LogP contribution in [-0.4, -0.2) is 57.1 Å². The summed E-state index contributed by atoms with van der Waals surface area (Å²) in [6.07, 6.45) is 7.46. The second-order valence-electron chi connectivity index (χ2n) is 7.03. The predicted octanol–water partition coefficient (Wildman–Crippen LogP) is 1.65. The van der Waals surface area contributed by atoms with E-state index in [4.69, 9.17) is 0 Å². The first-order chi connectivity index (χ1) is 11.5. The van der Waals surface area contributed by atoms with Crippen molar-refractivity contribution in [3.63, 3.8) is 0 Å². The van der Waals surface area contributed by atoms with Crippen LogP contribution in [0.5, 0.6) is 0 Å². The maximum atomic E-state index is 13.1. The van der Waals surface area contributed by atoms with Crippen molar-refractivity contribution >= 4 is 11.7 Å². The van der Waals surface area contributed by atoms with E-state index in [2.05, 4.69) is 4.98 Å². The Balaban J connectivity index is 1.80. The van der Waals surface area contributed by atoms with Crippen LogP contribution in [0.15, 0.2) is 24.5 Å². The SMILES string of the molecule is CN1C(O)N(CC(=O)c2ccncc2)C(=O)C1(C)C1CCCCC1. The summed E-state index contributed by atoms with van der Waals surface area (Å²) in [5, 5.41) is 10.6. The molecular formula is C18H25N3O3.